The number of fused-ring (bicyclic) bond motifs is 1. The fraction of sp³-hybridized carbons (Fsp3) is 0. The van der Waals surface area contributed by atoms with E-state index in [2.05, 4.69) is 27.1 Å². The van der Waals surface area contributed by atoms with Crippen molar-refractivity contribution >= 4 is 33.5 Å². The molecule has 2 rings (SSSR count). The zero-order chi connectivity index (χ0) is 7.68. The first-order valence-electron chi connectivity index (χ1n) is 3.03. The fourth-order valence-corrected chi connectivity index (χ4v) is 1.73. The van der Waals surface area contributed by atoms with Gasteiger partial charge in [0, 0.05) is 4.90 Å². The molecule has 1 heterocycles. The molecule has 1 aromatic heterocycles. The molecule has 1 aromatic carbocycles. The number of nitrogens with zero attached hydrogens (tertiary/aromatic N) is 2. The number of hydrogen-bond donors (Lipinski definition) is 2. The van der Waals surface area contributed by atoms with E-state index < -0.39 is 0 Å². The molecule has 0 amide bonds. The van der Waals surface area contributed by atoms with E-state index in [4.69, 9.17) is 0 Å². The SMILES string of the molecule is SSc1cccc2n[nH]nc12. The molecule has 5 heteroatoms. The van der Waals surface area contributed by atoms with Gasteiger partial charge in [-0.1, -0.05) is 16.9 Å². The summed E-state index contributed by atoms with van der Waals surface area (Å²) >= 11 is 4.10. The van der Waals surface area contributed by atoms with Crippen molar-refractivity contribution in [2.75, 3.05) is 0 Å². The average Bonchev–Trinajstić information content (AvgIpc) is 2.50. The lowest BCUT2D eigenvalue weighted by Crippen LogP contribution is -1.71. The number of aromatic nitrogens is 3. The summed E-state index contributed by atoms with van der Waals surface area (Å²) in [7, 11) is 1.37. The number of thiol groups is 1. The molecule has 0 saturated heterocycles. The van der Waals surface area contributed by atoms with E-state index in [9.17, 15) is 0 Å². The van der Waals surface area contributed by atoms with Crippen molar-refractivity contribution in [3.05, 3.63) is 18.2 Å². The minimum absolute atomic E-state index is 0.879. The molecule has 56 valence electrons. The van der Waals surface area contributed by atoms with E-state index in [0.29, 0.717) is 0 Å². The molecule has 2 aromatic rings. The van der Waals surface area contributed by atoms with Crippen LogP contribution in [-0.2, 0) is 0 Å². The van der Waals surface area contributed by atoms with Gasteiger partial charge in [-0.15, -0.1) is 11.7 Å². The molecule has 0 aliphatic carbocycles. The van der Waals surface area contributed by atoms with Crippen LogP contribution >= 0.6 is 22.5 Å². The zero-order valence-electron chi connectivity index (χ0n) is 5.48. The van der Waals surface area contributed by atoms with Crippen molar-refractivity contribution in [2.45, 2.75) is 4.90 Å². The van der Waals surface area contributed by atoms with Gasteiger partial charge >= 0.3 is 0 Å². The third-order valence-electron chi connectivity index (χ3n) is 1.41. The Kier molecular flexibility index (Phi) is 1.75. The number of para-hydroxylation sites is 1. The smallest absolute Gasteiger partial charge is 0.127 e. The minimum atomic E-state index is 0.879. The Morgan fingerprint density at radius 3 is 3.09 bits per heavy atom. The number of benzene rings is 1. The van der Waals surface area contributed by atoms with Crippen LogP contribution in [0.4, 0.5) is 0 Å². The summed E-state index contributed by atoms with van der Waals surface area (Å²) in [6.07, 6.45) is 0. The highest BCUT2D eigenvalue weighted by molar-refractivity contribution is 8.68. The number of rotatable bonds is 1. The molecule has 1 N–H and O–H groups in total. The van der Waals surface area contributed by atoms with Gasteiger partial charge < -0.3 is 0 Å². The molecular weight excluding hydrogens is 178 g/mol. The van der Waals surface area contributed by atoms with Gasteiger partial charge in [0.05, 0.1) is 0 Å². The van der Waals surface area contributed by atoms with Gasteiger partial charge in [-0.05, 0) is 12.1 Å². The fourth-order valence-electron chi connectivity index (χ4n) is 0.916. The summed E-state index contributed by atoms with van der Waals surface area (Å²) in [6.45, 7) is 0. The summed E-state index contributed by atoms with van der Waals surface area (Å²) in [5.74, 6) is 0. The molecule has 0 fully saturated rings. The molecule has 0 radical (unpaired) electrons. The minimum Gasteiger partial charge on any atom is -0.197 e. The second-order valence-corrected chi connectivity index (χ2v) is 3.21. The Morgan fingerprint density at radius 2 is 2.27 bits per heavy atom. The summed E-state index contributed by atoms with van der Waals surface area (Å²) in [6, 6.07) is 5.80. The lowest BCUT2D eigenvalue weighted by atomic mass is 10.3. The van der Waals surface area contributed by atoms with E-state index in [1.54, 1.807) is 0 Å². The first-order chi connectivity index (χ1) is 5.42. The van der Waals surface area contributed by atoms with Crippen LogP contribution in [-0.4, -0.2) is 15.4 Å². The molecule has 0 saturated carbocycles. The Morgan fingerprint density at radius 1 is 1.36 bits per heavy atom. The molecule has 0 spiro atoms. The predicted molar refractivity (Wildman–Crippen MR) is 48.7 cm³/mol. The molecule has 0 aliphatic heterocycles. The predicted octanol–water partition coefficient (Wildman–Crippen LogP) is 1.89. The lowest BCUT2D eigenvalue weighted by Gasteiger charge is -1.92. The third kappa shape index (κ3) is 1.10. The van der Waals surface area contributed by atoms with Crippen molar-refractivity contribution in [3.63, 3.8) is 0 Å². The van der Waals surface area contributed by atoms with E-state index in [1.807, 2.05) is 18.2 Å². The lowest BCUT2D eigenvalue weighted by molar-refractivity contribution is 0.957. The van der Waals surface area contributed by atoms with E-state index in [-0.39, 0.29) is 0 Å². The Bertz CT molecular complexity index is 371. The normalized spacial score (nSPS) is 10.6. The molecular formula is C6H5N3S2. The maximum absolute atomic E-state index is 4.10. The van der Waals surface area contributed by atoms with Crippen molar-refractivity contribution in [1.29, 1.82) is 0 Å². The van der Waals surface area contributed by atoms with Gasteiger partial charge in [0.25, 0.3) is 0 Å². The Labute approximate surface area is 72.4 Å². The van der Waals surface area contributed by atoms with Gasteiger partial charge in [0.15, 0.2) is 0 Å². The van der Waals surface area contributed by atoms with Crippen LogP contribution in [0.5, 0.6) is 0 Å². The number of hydrogen-bond acceptors (Lipinski definition) is 4. The molecule has 0 bridgehead atoms. The Hall–Kier alpha value is -0.680. The van der Waals surface area contributed by atoms with Gasteiger partial charge in [0.2, 0.25) is 0 Å². The van der Waals surface area contributed by atoms with Crippen LogP contribution in [0, 0.1) is 0 Å². The first-order valence-corrected chi connectivity index (χ1v) is 4.89. The quantitative estimate of drug-likeness (QED) is 0.524. The van der Waals surface area contributed by atoms with Crippen molar-refractivity contribution < 1.29 is 0 Å². The number of H-pyrrole nitrogens is 1. The van der Waals surface area contributed by atoms with Crippen LogP contribution in [0.3, 0.4) is 0 Å². The number of nitrogens with one attached hydrogen (secondary N) is 1. The van der Waals surface area contributed by atoms with Gasteiger partial charge in [-0.2, -0.15) is 15.4 Å². The monoisotopic (exact) mass is 183 g/mol. The highest BCUT2D eigenvalue weighted by atomic mass is 33.1. The zero-order valence-corrected chi connectivity index (χ0v) is 7.19. The van der Waals surface area contributed by atoms with Crippen LogP contribution in [0.25, 0.3) is 11.0 Å². The van der Waals surface area contributed by atoms with Gasteiger partial charge in [-0.3, -0.25) is 0 Å². The maximum Gasteiger partial charge on any atom is 0.127 e. The second kappa shape index (κ2) is 2.75. The third-order valence-corrected chi connectivity index (χ3v) is 2.52. The molecule has 0 atom stereocenters. The number of aromatic amines is 1. The van der Waals surface area contributed by atoms with E-state index in [1.165, 1.54) is 10.8 Å². The van der Waals surface area contributed by atoms with Crippen molar-refractivity contribution in [2.24, 2.45) is 0 Å². The van der Waals surface area contributed by atoms with Crippen LogP contribution < -0.4 is 0 Å². The van der Waals surface area contributed by atoms with Crippen molar-refractivity contribution in [3.8, 4) is 0 Å². The average molecular weight is 183 g/mol. The second-order valence-electron chi connectivity index (χ2n) is 2.04. The first kappa shape index (κ1) is 7.00. The highest BCUT2D eigenvalue weighted by Crippen LogP contribution is 2.26. The van der Waals surface area contributed by atoms with Crippen molar-refractivity contribution in [1.82, 2.24) is 15.4 Å². The largest absolute Gasteiger partial charge is 0.197 e. The summed E-state index contributed by atoms with van der Waals surface area (Å²) in [4.78, 5) is 1.03. The molecule has 0 unspecified atom stereocenters. The topological polar surface area (TPSA) is 41.6 Å². The Balaban J connectivity index is 2.79. The molecule has 11 heavy (non-hydrogen) atoms. The highest BCUT2D eigenvalue weighted by Gasteiger charge is 2.01. The van der Waals surface area contributed by atoms with E-state index in [0.717, 1.165) is 15.9 Å². The van der Waals surface area contributed by atoms with Crippen LogP contribution in [0.1, 0.15) is 0 Å². The summed E-state index contributed by atoms with van der Waals surface area (Å²) < 4.78 is 0. The van der Waals surface area contributed by atoms with E-state index >= 15 is 0 Å². The summed E-state index contributed by atoms with van der Waals surface area (Å²) in [5.41, 5.74) is 1.76. The standard InChI is InChI=1S/C6H5N3S2/c10-11-5-3-1-2-4-6(5)8-9-7-4/h1-3,10H,(H,7,8,9). The summed E-state index contributed by atoms with van der Waals surface area (Å²) in [5, 5.41) is 10.5. The van der Waals surface area contributed by atoms with Crippen LogP contribution in [0.2, 0.25) is 0 Å². The van der Waals surface area contributed by atoms with Gasteiger partial charge in [-0.25, -0.2) is 0 Å². The molecule has 0 aliphatic rings. The van der Waals surface area contributed by atoms with Crippen LogP contribution in [0.15, 0.2) is 23.1 Å². The molecule has 3 nitrogen and oxygen atoms in total. The van der Waals surface area contributed by atoms with Gasteiger partial charge in [0.1, 0.15) is 11.0 Å². The maximum atomic E-state index is 4.10.